The smallest absolute Gasteiger partial charge is 0.215 e. The molecule has 1 aromatic heterocycles. The predicted molar refractivity (Wildman–Crippen MR) is 48.5 cm³/mol. The first-order valence-corrected chi connectivity index (χ1v) is 4.06. The number of rotatable bonds is 2. The van der Waals surface area contributed by atoms with Gasteiger partial charge in [0.25, 0.3) is 0 Å². The predicted octanol–water partition coefficient (Wildman–Crippen LogP) is 2.69. The van der Waals surface area contributed by atoms with E-state index in [1.807, 2.05) is 37.3 Å². The van der Waals surface area contributed by atoms with Crippen LogP contribution in [0.5, 0.6) is 0 Å². The topological polar surface area (TPSA) is 27.2 Å². The molecule has 1 radical (unpaired) electrons. The number of furan rings is 1. The van der Waals surface area contributed by atoms with Crippen LogP contribution in [0.2, 0.25) is 0 Å². The van der Waals surface area contributed by atoms with Gasteiger partial charge < -0.3 is 4.42 Å². The monoisotopic (exact) mass is 160 g/mol. The summed E-state index contributed by atoms with van der Waals surface area (Å²) in [6, 6.07) is 9.88. The fourth-order valence-corrected chi connectivity index (χ4v) is 1.20. The minimum absolute atomic E-state index is 0.721. The highest BCUT2D eigenvalue weighted by atomic mass is 16.3. The van der Waals surface area contributed by atoms with Gasteiger partial charge in [0.2, 0.25) is 5.88 Å². The zero-order chi connectivity index (χ0) is 8.39. The summed E-state index contributed by atoms with van der Waals surface area (Å²) in [5.41, 5.74) is 0.907. The molecule has 0 amide bonds. The van der Waals surface area contributed by atoms with Crippen molar-refractivity contribution >= 4 is 16.9 Å². The van der Waals surface area contributed by atoms with Gasteiger partial charge in [0.15, 0.2) is 0 Å². The lowest BCUT2D eigenvalue weighted by Crippen LogP contribution is -1.91. The summed E-state index contributed by atoms with van der Waals surface area (Å²) in [4.78, 5) is 0. The van der Waals surface area contributed by atoms with Crippen molar-refractivity contribution in [1.82, 2.24) is 5.32 Å². The van der Waals surface area contributed by atoms with Gasteiger partial charge >= 0.3 is 0 Å². The van der Waals surface area contributed by atoms with Gasteiger partial charge in [-0.15, -0.1) is 0 Å². The maximum atomic E-state index is 5.44. The van der Waals surface area contributed by atoms with Crippen LogP contribution in [0.15, 0.2) is 34.7 Å². The highest BCUT2D eigenvalue weighted by Gasteiger charge is 2.00. The fourth-order valence-electron chi connectivity index (χ4n) is 1.20. The number of fused-ring (bicyclic) bond motifs is 1. The molecule has 2 heteroatoms. The largest absolute Gasteiger partial charge is 0.439 e. The first-order valence-electron chi connectivity index (χ1n) is 4.06. The molecule has 0 unspecified atom stereocenters. The second-order valence-corrected chi connectivity index (χ2v) is 2.60. The molecule has 0 bridgehead atoms. The average Bonchev–Trinajstić information content (AvgIpc) is 2.47. The number of nitrogens with zero attached hydrogens (tertiary/aromatic N) is 1. The van der Waals surface area contributed by atoms with Crippen molar-refractivity contribution in [2.45, 2.75) is 6.92 Å². The second kappa shape index (κ2) is 2.89. The van der Waals surface area contributed by atoms with Crippen molar-refractivity contribution in [2.75, 3.05) is 6.54 Å². The molecule has 0 saturated heterocycles. The van der Waals surface area contributed by atoms with Crippen molar-refractivity contribution < 1.29 is 4.42 Å². The Morgan fingerprint density at radius 1 is 1.33 bits per heavy atom. The van der Waals surface area contributed by atoms with Crippen molar-refractivity contribution in [3.63, 3.8) is 0 Å². The lowest BCUT2D eigenvalue weighted by Gasteiger charge is -1.89. The Balaban J connectivity index is 2.47. The first kappa shape index (κ1) is 7.22. The molecule has 1 heterocycles. The normalized spacial score (nSPS) is 10.4. The molecule has 2 aromatic rings. The summed E-state index contributed by atoms with van der Waals surface area (Å²) in [6.45, 7) is 2.76. The highest BCUT2D eigenvalue weighted by Crippen LogP contribution is 2.22. The molecule has 0 aliphatic rings. The average molecular weight is 160 g/mol. The van der Waals surface area contributed by atoms with Crippen molar-refractivity contribution in [2.24, 2.45) is 0 Å². The third-order valence-corrected chi connectivity index (χ3v) is 1.73. The van der Waals surface area contributed by atoms with Gasteiger partial charge in [0.05, 0.1) is 0 Å². The lowest BCUT2D eigenvalue weighted by atomic mass is 10.3. The fraction of sp³-hybridized carbons (Fsp3) is 0.200. The molecule has 1 aromatic carbocycles. The Morgan fingerprint density at radius 2 is 2.17 bits per heavy atom. The van der Waals surface area contributed by atoms with Gasteiger partial charge in [-0.3, -0.25) is 5.32 Å². The molecule has 0 spiro atoms. The molecule has 0 fully saturated rings. The number of hydrogen-bond donors (Lipinski definition) is 0. The summed E-state index contributed by atoms with van der Waals surface area (Å²) in [7, 11) is 0. The molecular formula is C10H10NO. The molecule has 2 nitrogen and oxygen atoms in total. The summed E-state index contributed by atoms with van der Waals surface area (Å²) in [6.07, 6.45) is 0. The van der Waals surface area contributed by atoms with E-state index in [4.69, 9.17) is 4.42 Å². The lowest BCUT2D eigenvalue weighted by molar-refractivity contribution is 0.582. The van der Waals surface area contributed by atoms with Crippen LogP contribution in [-0.2, 0) is 0 Å². The van der Waals surface area contributed by atoms with Gasteiger partial charge in [-0.1, -0.05) is 18.2 Å². The molecule has 2 rings (SSSR count). The van der Waals surface area contributed by atoms with Gasteiger partial charge in [-0.2, -0.15) is 0 Å². The molecule has 0 atom stereocenters. The van der Waals surface area contributed by atoms with Crippen LogP contribution in [-0.4, -0.2) is 6.54 Å². The van der Waals surface area contributed by atoms with Crippen LogP contribution < -0.4 is 5.32 Å². The minimum atomic E-state index is 0.721. The molecule has 0 aliphatic carbocycles. The summed E-state index contributed by atoms with van der Waals surface area (Å²) in [5, 5.41) is 5.29. The van der Waals surface area contributed by atoms with Crippen LogP contribution >= 0.6 is 0 Å². The Hall–Kier alpha value is -1.44. The maximum absolute atomic E-state index is 5.44. The minimum Gasteiger partial charge on any atom is -0.439 e. The van der Waals surface area contributed by atoms with E-state index in [9.17, 15) is 0 Å². The number of benzene rings is 1. The maximum Gasteiger partial charge on any atom is 0.215 e. The van der Waals surface area contributed by atoms with Crippen LogP contribution in [0.25, 0.3) is 11.0 Å². The number of para-hydroxylation sites is 1. The van der Waals surface area contributed by atoms with Crippen molar-refractivity contribution in [3.8, 4) is 0 Å². The quantitative estimate of drug-likeness (QED) is 0.663. The molecule has 61 valence electrons. The molecule has 12 heavy (non-hydrogen) atoms. The Kier molecular flexibility index (Phi) is 1.74. The number of hydrogen-bond acceptors (Lipinski definition) is 1. The van der Waals surface area contributed by atoms with Crippen molar-refractivity contribution in [3.05, 3.63) is 30.3 Å². The molecule has 0 saturated carbocycles. The zero-order valence-corrected chi connectivity index (χ0v) is 6.95. The molecule has 0 aliphatic heterocycles. The first-order chi connectivity index (χ1) is 5.90. The van der Waals surface area contributed by atoms with E-state index in [2.05, 4.69) is 5.32 Å². The molecule has 0 N–H and O–H groups in total. The van der Waals surface area contributed by atoms with E-state index in [-0.39, 0.29) is 0 Å². The zero-order valence-electron chi connectivity index (χ0n) is 6.95. The van der Waals surface area contributed by atoms with E-state index >= 15 is 0 Å². The summed E-state index contributed by atoms with van der Waals surface area (Å²) < 4.78 is 5.44. The SMILES string of the molecule is CC[N]c1cc2ccccc2o1. The summed E-state index contributed by atoms with van der Waals surface area (Å²) in [5.74, 6) is 0.721. The third-order valence-electron chi connectivity index (χ3n) is 1.73. The van der Waals surface area contributed by atoms with E-state index in [1.165, 1.54) is 0 Å². The van der Waals surface area contributed by atoms with E-state index in [1.54, 1.807) is 0 Å². The highest BCUT2D eigenvalue weighted by molar-refractivity contribution is 5.79. The standard InChI is InChI=1S/C10H10NO/c1-2-11-10-7-8-5-3-4-6-9(8)12-10/h3-7H,2H2,1H3. The summed E-state index contributed by atoms with van der Waals surface area (Å²) >= 11 is 0. The Bertz CT molecular complexity index is 345. The Labute approximate surface area is 71.2 Å². The van der Waals surface area contributed by atoms with Crippen LogP contribution in [0.3, 0.4) is 0 Å². The van der Waals surface area contributed by atoms with E-state index in [0.717, 1.165) is 23.4 Å². The van der Waals surface area contributed by atoms with Crippen LogP contribution in [0, 0.1) is 0 Å². The van der Waals surface area contributed by atoms with Crippen molar-refractivity contribution in [1.29, 1.82) is 0 Å². The van der Waals surface area contributed by atoms with Crippen LogP contribution in [0.4, 0.5) is 5.88 Å². The van der Waals surface area contributed by atoms with Gasteiger partial charge in [-0.05, 0) is 13.0 Å². The third kappa shape index (κ3) is 1.16. The second-order valence-electron chi connectivity index (χ2n) is 2.60. The van der Waals surface area contributed by atoms with E-state index < -0.39 is 0 Å². The van der Waals surface area contributed by atoms with Crippen LogP contribution in [0.1, 0.15) is 6.92 Å². The van der Waals surface area contributed by atoms with E-state index in [0.29, 0.717) is 0 Å². The van der Waals surface area contributed by atoms with Gasteiger partial charge in [0, 0.05) is 18.0 Å². The Morgan fingerprint density at radius 3 is 2.92 bits per heavy atom. The van der Waals surface area contributed by atoms with Gasteiger partial charge in [-0.25, -0.2) is 0 Å². The molecular weight excluding hydrogens is 150 g/mol. The van der Waals surface area contributed by atoms with Gasteiger partial charge in [0.1, 0.15) is 5.58 Å².